The second-order valence-corrected chi connectivity index (χ2v) is 5.22. The standard InChI is InChI=1S/C14H21FN4O2/c1-19-2-3-21-13(9-19)8-17-7-10-4-11(14(16)18-20)6-12(15)5-10/h4-6,13,17,20H,2-3,7-9H2,1H3,(H2,16,18). The summed E-state index contributed by atoms with van der Waals surface area (Å²) in [5, 5.41) is 14.8. The SMILES string of the molecule is CN1CCOC(CNCc2cc(F)cc(/C(N)=N/O)c2)C1. The molecule has 0 bridgehead atoms. The molecule has 1 atom stereocenters. The highest BCUT2D eigenvalue weighted by Gasteiger charge is 2.17. The number of amidine groups is 1. The molecular formula is C14H21FN4O2. The molecule has 1 unspecified atom stereocenters. The monoisotopic (exact) mass is 296 g/mol. The van der Waals surface area contributed by atoms with Crippen LogP contribution in [0.1, 0.15) is 11.1 Å². The highest BCUT2D eigenvalue weighted by atomic mass is 19.1. The Morgan fingerprint density at radius 2 is 2.38 bits per heavy atom. The van der Waals surface area contributed by atoms with Crippen molar-refractivity contribution in [2.24, 2.45) is 10.9 Å². The van der Waals surface area contributed by atoms with E-state index in [1.807, 2.05) is 0 Å². The summed E-state index contributed by atoms with van der Waals surface area (Å²) in [6.07, 6.45) is 0.140. The van der Waals surface area contributed by atoms with Crippen LogP contribution in [-0.4, -0.2) is 55.3 Å². The fraction of sp³-hybridized carbons (Fsp3) is 0.500. The molecule has 1 heterocycles. The normalized spacial score (nSPS) is 20.7. The highest BCUT2D eigenvalue weighted by Crippen LogP contribution is 2.10. The first kappa shape index (κ1) is 15.7. The van der Waals surface area contributed by atoms with Crippen molar-refractivity contribution >= 4 is 5.84 Å². The molecule has 0 aromatic heterocycles. The first-order chi connectivity index (χ1) is 10.1. The number of ether oxygens (including phenoxy) is 1. The fourth-order valence-corrected chi connectivity index (χ4v) is 2.33. The van der Waals surface area contributed by atoms with Crippen molar-refractivity contribution in [1.29, 1.82) is 0 Å². The van der Waals surface area contributed by atoms with Crippen LogP contribution in [0.15, 0.2) is 23.4 Å². The molecule has 21 heavy (non-hydrogen) atoms. The number of oxime groups is 1. The zero-order valence-electron chi connectivity index (χ0n) is 12.1. The van der Waals surface area contributed by atoms with Crippen molar-refractivity contribution in [3.8, 4) is 0 Å². The van der Waals surface area contributed by atoms with E-state index in [1.54, 1.807) is 6.07 Å². The molecular weight excluding hydrogens is 275 g/mol. The number of nitrogens with zero attached hydrogens (tertiary/aromatic N) is 2. The third kappa shape index (κ3) is 4.66. The van der Waals surface area contributed by atoms with Crippen LogP contribution in [0.25, 0.3) is 0 Å². The lowest BCUT2D eigenvalue weighted by atomic mass is 10.1. The highest BCUT2D eigenvalue weighted by molar-refractivity contribution is 5.97. The first-order valence-electron chi connectivity index (χ1n) is 6.86. The second-order valence-electron chi connectivity index (χ2n) is 5.22. The minimum atomic E-state index is -0.412. The van der Waals surface area contributed by atoms with E-state index in [2.05, 4.69) is 22.4 Å². The van der Waals surface area contributed by atoms with Gasteiger partial charge < -0.3 is 25.9 Å². The van der Waals surface area contributed by atoms with Gasteiger partial charge in [0.2, 0.25) is 0 Å². The Labute approximate surface area is 123 Å². The van der Waals surface area contributed by atoms with Crippen LogP contribution in [0.2, 0.25) is 0 Å². The Balaban J connectivity index is 1.89. The minimum absolute atomic E-state index is 0.104. The predicted octanol–water partition coefficient (Wildman–Crippen LogP) is 0.340. The number of likely N-dealkylation sites (N-methyl/N-ethyl adjacent to an activating group) is 1. The topological polar surface area (TPSA) is 83.1 Å². The maximum absolute atomic E-state index is 13.5. The van der Waals surface area contributed by atoms with Gasteiger partial charge in [0.25, 0.3) is 0 Å². The third-order valence-corrected chi connectivity index (χ3v) is 3.40. The van der Waals surface area contributed by atoms with E-state index in [4.69, 9.17) is 15.7 Å². The van der Waals surface area contributed by atoms with Crippen molar-refractivity contribution in [1.82, 2.24) is 10.2 Å². The summed E-state index contributed by atoms with van der Waals surface area (Å²) in [7, 11) is 2.06. The van der Waals surface area contributed by atoms with Crippen LogP contribution in [0.4, 0.5) is 4.39 Å². The molecule has 0 amide bonds. The Kier molecular flexibility index (Phi) is 5.49. The van der Waals surface area contributed by atoms with Gasteiger partial charge in [-0.1, -0.05) is 5.16 Å². The minimum Gasteiger partial charge on any atom is -0.409 e. The average molecular weight is 296 g/mol. The third-order valence-electron chi connectivity index (χ3n) is 3.40. The van der Waals surface area contributed by atoms with Crippen molar-refractivity contribution < 1.29 is 14.3 Å². The zero-order valence-corrected chi connectivity index (χ0v) is 12.1. The lowest BCUT2D eigenvalue weighted by molar-refractivity contribution is -0.0182. The number of halogens is 1. The number of nitrogens with one attached hydrogen (secondary N) is 1. The Hall–Kier alpha value is -1.70. The summed E-state index contributed by atoms with van der Waals surface area (Å²) >= 11 is 0. The van der Waals surface area contributed by atoms with Gasteiger partial charge in [0.15, 0.2) is 5.84 Å². The summed E-state index contributed by atoms with van der Waals surface area (Å²) in [5.74, 6) is -0.516. The van der Waals surface area contributed by atoms with Gasteiger partial charge in [0, 0.05) is 31.7 Å². The molecule has 1 aliphatic heterocycles. The van der Waals surface area contributed by atoms with Crippen molar-refractivity contribution in [3.63, 3.8) is 0 Å². The van der Waals surface area contributed by atoms with Gasteiger partial charge >= 0.3 is 0 Å². The van der Waals surface area contributed by atoms with Crippen molar-refractivity contribution in [2.75, 3.05) is 33.3 Å². The fourth-order valence-electron chi connectivity index (χ4n) is 2.33. The molecule has 2 rings (SSSR count). The second kappa shape index (κ2) is 7.35. The van der Waals surface area contributed by atoms with E-state index in [9.17, 15) is 4.39 Å². The van der Waals surface area contributed by atoms with Crippen LogP contribution >= 0.6 is 0 Å². The molecule has 1 aliphatic rings. The van der Waals surface area contributed by atoms with Gasteiger partial charge in [0.05, 0.1) is 12.7 Å². The molecule has 0 aliphatic carbocycles. The summed E-state index contributed by atoms with van der Waals surface area (Å²) < 4.78 is 19.1. The number of hydrogen-bond donors (Lipinski definition) is 3. The van der Waals surface area contributed by atoms with Crippen molar-refractivity contribution in [3.05, 3.63) is 35.1 Å². The van der Waals surface area contributed by atoms with Gasteiger partial charge in [-0.05, 0) is 30.8 Å². The molecule has 1 fully saturated rings. The Bertz CT molecular complexity index is 510. The molecule has 4 N–H and O–H groups in total. The molecule has 0 radical (unpaired) electrons. The molecule has 1 saturated heterocycles. The Morgan fingerprint density at radius 1 is 1.57 bits per heavy atom. The molecule has 7 heteroatoms. The predicted molar refractivity (Wildman–Crippen MR) is 77.9 cm³/mol. The first-order valence-corrected chi connectivity index (χ1v) is 6.86. The molecule has 116 valence electrons. The van der Waals surface area contributed by atoms with Gasteiger partial charge in [-0.25, -0.2) is 4.39 Å². The van der Waals surface area contributed by atoms with Gasteiger partial charge in [-0.15, -0.1) is 0 Å². The van der Waals surface area contributed by atoms with Gasteiger partial charge in [-0.3, -0.25) is 0 Å². The van der Waals surface area contributed by atoms with Crippen LogP contribution < -0.4 is 11.1 Å². The maximum Gasteiger partial charge on any atom is 0.170 e. The van der Waals surface area contributed by atoms with Crippen LogP contribution in [0.5, 0.6) is 0 Å². The van der Waals surface area contributed by atoms with Gasteiger partial charge in [-0.2, -0.15) is 0 Å². The molecule has 0 spiro atoms. The van der Waals surface area contributed by atoms with E-state index in [-0.39, 0.29) is 11.9 Å². The maximum atomic E-state index is 13.5. The number of rotatable bonds is 5. The van der Waals surface area contributed by atoms with E-state index in [1.165, 1.54) is 12.1 Å². The number of benzene rings is 1. The molecule has 1 aromatic rings. The number of morpholine rings is 1. The zero-order chi connectivity index (χ0) is 15.2. The quantitative estimate of drug-likeness (QED) is 0.316. The number of nitrogens with two attached hydrogens (primary N) is 1. The Morgan fingerprint density at radius 3 is 3.10 bits per heavy atom. The van der Waals surface area contributed by atoms with Crippen molar-refractivity contribution in [2.45, 2.75) is 12.6 Å². The van der Waals surface area contributed by atoms with Crippen LogP contribution in [0, 0.1) is 5.82 Å². The van der Waals surface area contributed by atoms with E-state index in [0.717, 1.165) is 25.3 Å². The molecule has 6 nitrogen and oxygen atoms in total. The lowest BCUT2D eigenvalue weighted by Gasteiger charge is -2.30. The molecule has 1 aromatic carbocycles. The van der Waals surface area contributed by atoms with E-state index >= 15 is 0 Å². The summed E-state index contributed by atoms with van der Waals surface area (Å²) in [6.45, 7) is 3.75. The average Bonchev–Trinajstić information content (AvgIpc) is 2.46. The van der Waals surface area contributed by atoms with Gasteiger partial charge in [0.1, 0.15) is 5.82 Å². The van der Waals surface area contributed by atoms with E-state index < -0.39 is 5.82 Å². The lowest BCUT2D eigenvalue weighted by Crippen LogP contribution is -2.44. The summed E-state index contributed by atoms with van der Waals surface area (Å²) in [6, 6.07) is 4.35. The summed E-state index contributed by atoms with van der Waals surface area (Å²) in [5.41, 5.74) is 6.58. The number of hydrogen-bond acceptors (Lipinski definition) is 5. The summed E-state index contributed by atoms with van der Waals surface area (Å²) in [4.78, 5) is 2.22. The smallest absolute Gasteiger partial charge is 0.170 e. The van der Waals surface area contributed by atoms with Crippen LogP contribution in [-0.2, 0) is 11.3 Å². The largest absolute Gasteiger partial charge is 0.409 e. The van der Waals surface area contributed by atoms with E-state index in [0.29, 0.717) is 18.7 Å². The molecule has 0 saturated carbocycles. The van der Waals surface area contributed by atoms with Crippen LogP contribution in [0.3, 0.4) is 0 Å².